The molecule has 4 aliphatic rings. The molecule has 0 amide bonds. The first-order valence-electron chi connectivity index (χ1n) is 12.5. The molecular weight excluding hydrogens is 460 g/mol. The minimum Gasteiger partial charge on any atom is -0.504 e. The number of para-hydroxylation sites is 1. The van der Waals surface area contributed by atoms with Crippen molar-refractivity contribution in [1.29, 1.82) is 0 Å². The van der Waals surface area contributed by atoms with E-state index in [1.807, 2.05) is 42.6 Å². The summed E-state index contributed by atoms with van der Waals surface area (Å²) < 4.78 is 6.22. The maximum absolute atomic E-state index is 10.7. The van der Waals surface area contributed by atoms with Crippen molar-refractivity contribution in [3.05, 3.63) is 77.5 Å². The van der Waals surface area contributed by atoms with Crippen molar-refractivity contribution in [1.82, 2.24) is 9.88 Å². The van der Waals surface area contributed by atoms with Crippen molar-refractivity contribution in [2.45, 2.75) is 49.3 Å². The van der Waals surface area contributed by atoms with E-state index in [9.17, 15) is 10.2 Å². The smallest absolute Gasteiger partial charge is 0.165 e. The van der Waals surface area contributed by atoms with Gasteiger partial charge < -0.3 is 19.8 Å². The number of phenols is 1. The Morgan fingerprint density at radius 1 is 1.20 bits per heavy atom. The van der Waals surface area contributed by atoms with Crippen LogP contribution in [0.2, 0.25) is 0 Å². The van der Waals surface area contributed by atoms with Gasteiger partial charge >= 0.3 is 0 Å². The topological polar surface area (TPSA) is 65.8 Å². The molecule has 1 fully saturated rings. The van der Waals surface area contributed by atoms with E-state index in [2.05, 4.69) is 35.1 Å². The van der Waals surface area contributed by atoms with E-state index in [4.69, 9.17) is 16.3 Å². The summed E-state index contributed by atoms with van der Waals surface area (Å²) in [4.78, 5) is 6.63. The third-order valence-electron chi connectivity index (χ3n) is 8.46. The Labute approximate surface area is 211 Å². The number of rotatable bonds is 3. The Hall–Kier alpha value is -2.60. The van der Waals surface area contributed by atoms with Gasteiger partial charge in [-0.3, -0.25) is 4.98 Å². The van der Waals surface area contributed by atoms with Crippen molar-refractivity contribution >= 4 is 22.5 Å². The van der Waals surface area contributed by atoms with Gasteiger partial charge in [0.1, 0.15) is 12.2 Å². The fraction of sp³-hybridized carbons (Fsp3) is 0.414. The number of aromatic hydroxyl groups is 1. The number of aromatic nitrogens is 1. The molecule has 1 saturated heterocycles. The van der Waals surface area contributed by atoms with Crippen LogP contribution in [0.15, 0.2) is 60.8 Å². The third-order valence-corrected chi connectivity index (χ3v) is 8.73. The summed E-state index contributed by atoms with van der Waals surface area (Å²) in [5.41, 5.74) is 4.56. The van der Waals surface area contributed by atoms with Crippen LogP contribution in [0.25, 0.3) is 10.9 Å². The fourth-order valence-corrected chi connectivity index (χ4v) is 7.03. The van der Waals surface area contributed by atoms with Gasteiger partial charge in [0.15, 0.2) is 11.5 Å². The highest BCUT2D eigenvalue weighted by Gasteiger charge is 2.64. The quantitative estimate of drug-likeness (QED) is 0.415. The maximum atomic E-state index is 10.7. The Morgan fingerprint density at radius 2 is 2.03 bits per heavy atom. The molecule has 0 unspecified atom stereocenters. The zero-order valence-corrected chi connectivity index (χ0v) is 20.7. The van der Waals surface area contributed by atoms with Gasteiger partial charge in [0.25, 0.3) is 0 Å². The molecule has 2 N–H and O–H groups in total. The van der Waals surface area contributed by atoms with Gasteiger partial charge in [-0.2, -0.15) is 0 Å². The summed E-state index contributed by atoms with van der Waals surface area (Å²) in [6.07, 6.45) is 8.69. The molecule has 5 atom stereocenters. The summed E-state index contributed by atoms with van der Waals surface area (Å²) in [6, 6.07) is 14.4. The first kappa shape index (κ1) is 22.8. The van der Waals surface area contributed by atoms with Gasteiger partial charge in [0, 0.05) is 40.4 Å². The maximum Gasteiger partial charge on any atom is 0.165 e. The number of likely N-dealkylation sites (tertiary alicyclic amines) is 1. The number of nitrogens with zero attached hydrogens (tertiary/aromatic N) is 2. The van der Waals surface area contributed by atoms with Crippen molar-refractivity contribution < 1.29 is 14.9 Å². The number of hydrogen-bond donors (Lipinski definition) is 2. The van der Waals surface area contributed by atoms with Crippen LogP contribution in [0, 0.1) is 5.92 Å². The fourth-order valence-electron chi connectivity index (χ4n) is 6.89. The lowest BCUT2D eigenvalue weighted by atomic mass is 9.53. The molecule has 1 aromatic heterocycles. The number of benzene rings is 2. The number of likely N-dealkylation sites (N-methyl/N-ethyl adjacent to an activating group) is 1. The molecule has 3 aromatic rings. The standard InChI is InChI=1S/C20H24ClNO3.C9H7N/c1-22-8-6-20-13-4-5-15(23)19(20)25-18-16(24)9-11(3-2-7-21)12(17(18)20)10-14(13)22;1-2-6-9-8(4-1)5-3-7-10-9/h4-5,9,13-15,19,23-24H,2-3,6-8,10H2,1H3;1-7H/t13-,14+,15-,19-,20-;/m0./s1. The largest absolute Gasteiger partial charge is 0.504 e. The van der Waals surface area contributed by atoms with Crippen LogP contribution >= 0.6 is 11.6 Å². The molecule has 2 aromatic carbocycles. The molecule has 35 heavy (non-hydrogen) atoms. The monoisotopic (exact) mass is 490 g/mol. The van der Waals surface area contributed by atoms with Gasteiger partial charge in [-0.1, -0.05) is 36.4 Å². The van der Waals surface area contributed by atoms with E-state index in [0.717, 1.165) is 37.7 Å². The number of phenolic OH excluding ortho intramolecular Hbond substituents is 1. The first-order chi connectivity index (χ1) is 17.0. The second-order valence-electron chi connectivity index (χ2n) is 10.2. The molecule has 182 valence electrons. The van der Waals surface area contributed by atoms with Crippen molar-refractivity contribution in [3.63, 3.8) is 0 Å². The minimum absolute atomic E-state index is 0.206. The predicted octanol–water partition coefficient (Wildman–Crippen LogP) is 4.60. The molecule has 3 heterocycles. The van der Waals surface area contributed by atoms with Crippen LogP contribution in [-0.2, 0) is 18.3 Å². The van der Waals surface area contributed by atoms with Gasteiger partial charge in [-0.25, -0.2) is 0 Å². The lowest BCUT2D eigenvalue weighted by Crippen LogP contribution is -2.64. The van der Waals surface area contributed by atoms with Crippen LogP contribution in [0.5, 0.6) is 11.5 Å². The van der Waals surface area contributed by atoms with Crippen LogP contribution in [0.4, 0.5) is 0 Å². The molecule has 2 aliphatic heterocycles. The number of alkyl halides is 1. The van der Waals surface area contributed by atoms with E-state index in [1.165, 1.54) is 22.1 Å². The SMILES string of the molecule is CN1CC[C@]23c4c5c(CCCCl)cc(O)c4O[C@H]2[C@@H](O)C=C[C@H]3[C@H]1C5.c1ccc2ncccc2c1. The number of pyridine rings is 1. The molecular formula is C29H31ClN2O3. The number of fused-ring (bicyclic) bond motifs is 1. The molecule has 2 bridgehead atoms. The lowest BCUT2D eigenvalue weighted by Gasteiger charge is -2.56. The summed E-state index contributed by atoms with van der Waals surface area (Å²) in [6.45, 7) is 0.993. The molecule has 7 rings (SSSR count). The van der Waals surface area contributed by atoms with Gasteiger partial charge in [0.05, 0.1) is 5.52 Å². The predicted molar refractivity (Wildman–Crippen MR) is 138 cm³/mol. The van der Waals surface area contributed by atoms with Crippen molar-refractivity contribution in [2.24, 2.45) is 5.92 Å². The van der Waals surface area contributed by atoms with Gasteiger partial charge in [0.2, 0.25) is 0 Å². The molecule has 1 spiro atoms. The van der Waals surface area contributed by atoms with E-state index in [1.54, 1.807) is 0 Å². The number of aryl methyl sites for hydroxylation is 1. The van der Waals surface area contributed by atoms with E-state index in [-0.39, 0.29) is 17.3 Å². The molecule has 0 saturated carbocycles. The van der Waals surface area contributed by atoms with Crippen LogP contribution < -0.4 is 4.74 Å². The molecule has 0 radical (unpaired) electrons. The highest BCUT2D eigenvalue weighted by Crippen LogP contribution is 2.63. The molecule has 5 nitrogen and oxygen atoms in total. The van der Waals surface area contributed by atoms with E-state index in [0.29, 0.717) is 23.6 Å². The molecule has 6 heteroatoms. The Bertz CT molecular complexity index is 1230. The number of ether oxygens (including phenoxy) is 1. The van der Waals surface area contributed by atoms with Crippen LogP contribution in [0.3, 0.4) is 0 Å². The second-order valence-corrected chi connectivity index (χ2v) is 10.6. The number of hydrogen-bond acceptors (Lipinski definition) is 5. The number of aliphatic hydroxyl groups is 1. The third kappa shape index (κ3) is 3.47. The summed E-state index contributed by atoms with van der Waals surface area (Å²) in [5, 5.41) is 22.5. The Balaban J connectivity index is 0.000000191. The minimum atomic E-state index is -0.621. The van der Waals surface area contributed by atoms with Gasteiger partial charge in [-0.05, 0) is 68.6 Å². The summed E-state index contributed by atoms with van der Waals surface area (Å²) >= 11 is 5.92. The van der Waals surface area contributed by atoms with Crippen molar-refractivity contribution in [3.8, 4) is 11.5 Å². The average Bonchev–Trinajstić information content (AvgIpc) is 3.24. The highest BCUT2D eigenvalue weighted by atomic mass is 35.5. The zero-order chi connectivity index (χ0) is 24.2. The van der Waals surface area contributed by atoms with Crippen LogP contribution in [-0.4, -0.2) is 57.8 Å². The summed E-state index contributed by atoms with van der Waals surface area (Å²) in [5.74, 6) is 1.78. The second kappa shape index (κ2) is 8.81. The van der Waals surface area contributed by atoms with Gasteiger partial charge in [-0.15, -0.1) is 11.6 Å². The molecule has 2 aliphatic carbocycles. The number of piperidine rings is 1. The lowest BCUT2D eigenvalue weighted by molar-refractivity contribution is -0.0454. The average molecular weight is 491 g/mol. The van der Waals surface area contributed by atoms with E-state index < -0.39 is 6.10 Å². The highest BCUT2D eigenvalue weighted by molar-refractivity contribution is 6.17. The van der Waals surface area contributed by atoms with Crippen LogP contribution in [0.1, 0.15) is 29.5 Å². The number of halogens is 1. The Morgan fingerprint density at radius 3 is 2.86 bits per heavy atom. The van der Waals surface area contributed by atoms with Crippen molar-refractivity contribution in [2.75, 3.05) is 19.5 Å². The van der Waals surface area contributed by atoms with E-state index >= 15 is 0 Å². The number of aliphatic hydroxyl groups excluding tert-OH is 1. The zero-order valence-electron chi connectivity index (χ0n) is 19.9. The Kier molecular flexibility index (Phi) is 5.75. The normalized spacial score (nSPS) is 29.8. The first-order valence-corrected chi connectivity index (χ1v) is 13.0. The summed E-state index contributed by atoms with van der Waals surface area (Å²) in [7, 11) is 2.20.